The van der Waals surface area contributed by atoms with Crippen molar-refractivity contribution in [3.05, 3.63) is 11.6 Å². The second-order valence-electron chi connectivity index (χ2n) is 2.21. The third-order valence-corrected chi connectivity index (χ3v) is 1.56. The predicted octanol–water partition coefficient (Wildman–Crippen LogP) is 2.54. The highest BCUT2D eigenvalue weighted by Crippen LogP contribution is 2.02. The molecule has 10 heavy (non-hydrogen) atoms. The Bertz CT molecular complexity index is 138. The van der Waals surface area contributed by atoms with Crippen molar-refractivity contribution in [3.8, 4) is 0 Å². The van der Waals surface area contributed by atoms with Gasteiger partial charge in [-0.15, -0.1) is 11.6 Å². The molecule has 0 unspecified atom stereocenters. The van der Waals surface area contributed by atoms with Crippen molar-refractivity contribution >= 4 is 17.4 Å². The molecule has 0 atom stereocenters. The predicted molar refractivity (Wildman–Crippen MR) is 44.4 cm³/mol. The Hall–Kier alpha value is -0.300. The summed E-state index contributed by atoms with van der Waals surface area (Å²) in [4.78, 5) is 10.7. The maximum absolute atomic E-state index is 10.7. The zero-order valence-corrected chi connectivity index (χ0v) is 7.24. The summed E-state index contributed by atoms with van der Waals surface area (Å²) in [7, 11) is 0. The van der Waals surface area contributed by atoms with E-state index in [1.165, 1.54) is 0 Å². The van der Waals surface area contributed by atoms with E-state index in [9.17, 15) is 4.79 Å². The largest absolute Gasteiger partial charge is 0.295 e. The molecule has 1 nitrogen and oxygen atoms in total. The lowest BCUT2D eigenvalue weighted by Crippen LogP contribution is -1.97. The van der Waals surface area contributed by atoms with Crippen LogP contribution in [-0.4, -0.2) is 11.7 Å². The van der Waals surface area contributed by atoms with Gasteiger partial charge in [0.1, 0.15) is 0 Å². The highest BCUT2D eigenvalue weighted by atomic mass is 35.5. The lowest BCUT2D eigenvalue weighted by Gasteiger charge is -1.95. The number of halogens is 1. The van der Waals surface area contributed by atoms with Gasteiger partial charge in [-0.05, 0) is 13.3 Å². The molecule has 0 saturated carbocycles. The molecule has 0 aromatic carbocycles. The number of hydrogen-bond donors (Lipinski definition) is 0. The van der Waals surface area contributed by atoms with Gasteiger partial charge in [-0.2, -0.15) is 0 Å². The van der Waals surface area contributed by atoms with Gasteiger partial charge >= 0.3 is 0 Å². The van der Waals surface area contributed by atoms with Crippen LogP contribution in [0.4, 0.5) is 0 Å². The van der Waals surface area contributed by atoms with Crippen LogP contribution in [0.25, 0.3) is 0 Å². The summed E-state index contributed by atoms with van der Waals surface area (Å²) in [5.41, 5.74) is 0.739. The molecule has 0 saturated heterocycles. The molecule has 0 amide bonds. The van der Waals surface area contributed by atoms with Crippen LogP contribution in [0.5, 0.6) is 0 Å². The van der Waals surface area contributed by atoms with Crippen molar-refractivity contribution < 1.29 is 4.79 Å². The quantitative estimate of drug-likeness (QED) is 0.456. The van der Waals surface area contributed by atoms with Gasteiger partial charge in [0.05, 0.1) is 5.88 Å². The van der Waals surface area contributed by atoms with Crippen LogP contribution in [0.2, 0.25) is 0 Å². The maximum Gasteiger partial charge on any atom is 0.156 e. The van der Waals surface area contributed by atoms with Gasteiger partial charge in [0, 0.05) is 5.57 Å². The molecule has 0 aliphatic carbocycles. The Morgan fingerprint density at radius 1 is 1.60 bits per heavy atom. The van der Waals surface area contributed by atoms with Crippen molar-refractivity contribution in [3.63, 3.8) is 0 Å². The molecule has 0 N–H and O–H groups in total. The molecule has 0 radical (unpaired) electrons. The van der Waals surface area contributed by atoms with E-state index in [1.807, 2.05) is 6.08 Å². The molecule has 0 aliphatic heterocycles. The first-order valence-corrected chi connectivity index (χ1v) is 4.01. The third kappa shape index (κ3) is 3.67. The smallest absolute Gasteiger partial charge is 0.156 e. The van der Waals surface area contributed by atoms with Crippen LogP contribution < -0.4 is 0 Å². The van der Waals surface area contributed by atoms with Gasteiger partial charge in [-0.3, -0.25) is 4.79 Å². The minimum absolute atomic E-state index is 0.0865. The fraction of sp³-hybridized carbons (Fsp3) is 0.625. The first-order chi connectivity index (χ1) is 4.72. The number of ketones is 1. The van der Waals surface area contributed by atoms with E-state index in [1.54, 1.807) is 6.92 Å². The SMILES string of the molecule is CCCC=C(CCl)C(C)=O. The average molecular weight is 161 g/mol. The number of carbonyl (C=O) groups excluding carboxylic acids is 1. The van der Waals surface area contributed by atoms with Crippen molar-refractivity contribution in [1.82, 2.24) is 0 Å². The molecule has 0 aromatic heterocycles. The van der Waals surface area contributed by atoms with Gasteiger partial charge in [-0.25, -0.2) is 0 Å². The van der Waals surface area contributed by atoms with Crippen LogP contribution in [0.15, 0.2) is 11.6 Å². The minimum Gasteiger partial charge on any atom is -0.295 e. The molecule has 0 spiro atoms. The number of unbranched alkanes of at least 4 members (excludes halogenated alkanes) is 1. The molecule has 0 heterocycles. The summed E-state index contributed by atoms with van der Waals surface area (Å²) >= 11 is 5.51. The van der Waals surface area contributed by atoms with E-state index in [0.717, 1.165) is 18.4 Å². The maximum atomic E-state index is 10.7. The highest BCUT2D eigenvalue weighted by molar-refractivity contribution is 6.22. The fourth-order valence-corrected chi connectivity index (χ4v) is 0.908. The minimum atomic E-state index is 0.0865. The fourth-order valence-electron chi connectivity index (χ4n) is 0.611. The molecule has 0 fully saturated rings. The second-order valence-corrected chi connectivity index (χ2v) is 2.48. The molecule has 58 valence electrons. The Labute approximate surface area is 67.1 Å². The Kier molecular flexibility index (Phi) is 5.32. The summed E-state index contributed by atoms with van der Waals surface area (Å²) in [6, 6.07) is 0. The summed E-state index contributed by atoms with van der Waals surface area (Å²) < 4.78 is 0. The van der Waals surface area contributed by atoms with Crippen LogP contribution >= 0.6 is 11.6 Å². The number of alkyl halides is 1. The standard InChI is InChI=1S/C8H13ClO/c1-3-4-5-8(6-9)7(2)10/h5H,3-4,6H2,1-2H3. The average Bonchev–Trinajstić information content (AvgIpc) is 1.89. The first-order valence-electron chi connectivity index (χ1n) is 3.48. The molecule has 2 heteroatoms. The Morgan fingerprint density at radius 3 is 2.50 bits per heavy atom. The number of Topliss-reactive ketones (excluding diaryl/α,β-unsaturated/α-hetero) is 1. The van der Waals surface area contributed by atoms with Gasteiger partial charge < -0.3 is 0 Å². The number of carbonyl (C=O) groups is 1. The van der Waals surface area contributed by atoms with Crippen LogP contribution in [0.1, 0.15) is 26.7 Å². The summed E-state index contributed by atoms with van der Waals surface area (Å²) in [6.45, 7) is 3.62. The van der Waals surface area contributed by atoms with E-state index < -0.39 is 0 Å². The van der Waals surface area contributed by atoms with E-state index >= 15 is 0 Å². The number of allylic oxidation sites excluding steroid dienone is 2. The van der Waals surface area contributed by atoms with Crippen molar-refractivity contribution in [2.45, 2.75) is 26.7 Å². The van der Waals surface area contributed by atoms with E-state index in [0.29, 0.717) is 5.88 Å². The first kappa shape index (κ1) is 9.70. The zero-order valence-electron chi connectivity index (χ0n) is 6.48. The Morgan fingerprint density at radius 2 is 2.20 bits per heavy atom. The van der Waals surface area contributed by atoms with Crippen LogP contribution in [-0.2, 0) is 4.79 Å². The molecule has 0 rings (SSSR count). The van der Waals surface area contributed by atoms with Gasteiger partial charge in [0.15, 0.2) is 5.78 Å². The molecule has 0 aliphatic rings. The molecular formula is C8H13ClO. The van der Waals surface area contributed by atoms with Crippen molar-refractivity contribution in [2.75, 3.05) is 5.88 Å². The van der Waals surface area contributed by atoms with E-state index in [4.69, 9.17) is 11.6 Å². The monoisotopic (exact) mass is 160 g/mol. The van der Waals surface area contributed by atoms with Crippen molar-refractivity contribution in [2.24, 2.45) is 0 Å². The third-order valence-electron chi connectivity index (χ3n) is 1.28. The summed E-state index contributed by atoms with van der Waals surface area (Å²) in [5, 5.41) is 0. The van der Waals surface area contributed by atoms with E-state index in [-0.39, 0.29) is 5.78 Å². The van der Waals surface area contributed by atoms with Gasteiger partial charge in [0.25, 0.3) is 0 Å². The lowest BCUT2D eigenvalue weighted by atomic mass is 10.1. The van der Waals surface area contributed by atoms with E-state index in [2.05, 4.69) is 6.92 Å². The van der Waals surface area contributed by atoms with Crippen LogP contribution in [0.3, 0.4) is 0 Å². The topological polar surface area (TPSA) is 17.1 Å². The van der Waals surface area contributed by atoms with Gasteiger partial charge in [0.2, 0.25) is 0 Å². The lowest BCUT2D eigenvalue weighted by molar-refractivity contribution is -0.113. The highest BCUT2D eigenvalue weighted by Gasteiger charge is 1.98. The molecule has 0 bridgehead atoms. The number of rotatable bonds is 4. The summed E-state index contributed by atoms with van der Waals surface area (Å²) in [6.07, 6.45) is 3.92. The normalized spacial score (nSPS) is 11.7. The van der Waals surface area contributed by atoms with Crippen molar-refractivity contribution in [1.29, 1.82) is 0 Å². The molecular weight excluding hydrogens is 148 g/mol. The number of hydrogen-bond acceptors (Lipinski definition) is 1. The van der Waals surface area contributed by atoms with Gasteiger partial charge in [-0.1, -0.05) is 19.4 Å². The second kappa shape index (κ2) is 5.48. The van der Waals surface area contributed by atoms with Crippen LogP contribution in [0, 0.1) is 0 Å². The molecule has 0 aromatic rings. The Balaban J connectivity index is 3.91. The zero-order chi connectivity index (χ0) is 7.98. The summed E-state index contributed by atoms with van der Waals surface area (Å²) in [5.74, 6) is 0.429.